The molecule has 2 amide bonds. The Balaban J connectivity index is 1.61. The van der Waals surface area contributed by atoms with Crippen LogP contribution in [0, 0.1) is 0 Å². The molecule has 2 aromatic rings. The van der Waals surface area contributed by atoms with Crippen LogP contribution in [-0.4, -0.2) is 24.0 Å². The molecule has 0 spiro atoms. The van der Waals surface area contributed by atoms with Crippen molar-refractivity contribution in [1.82, 2.24) is 4.90 Å². The molecule has 0 bridgehead atoms. The number of halogens is 4. The zero-order chi connectivity index (χ0) is 18.7. The standard InChI is InChI=1S/C19H18ClF3N2O/c20-17-7-6-15(12-16(17)19(21,22)23)24-18(26)25-10-8-14(9-11-25)13-4-2-1-3-5-13/h1-7,12,14H,8-11H2,(H,24,26). The smallest absolute Gasteiger partial charge is 0.324 e. The minimum Gasteiger partial charge on any atom is -0.324 e. The SMILES string of the molecule is O=C(Nc1ccc(Cl)c(C(F)(F)F)c1)N1CCC(c2ccccc2)CC1. The van der Waals surface area contributed by atoms with Crippen molar-refractivity contribution in [2.75, 3.05) is 18.4 Å². The van der Waals surface area contributed by atoms with Crippen molar-refractivity contribution in [1.29, 1.82) is 0 Å². The molecule has 0 radical (unpaired) electrons. The number of piperidine rings is 1. The molecule has 26 heavy (non-hydrogen) atoms. The number of anilines is 1. The molecule has 0 saturated carbocycles. The van der Waals surface area contributed by atoms with Crippen LogP contribution >= 0.6 is 11.6 Å². The van der Waals surface area contributed by atoms with Crippen LogP contribution in [-0.2, 0) is 6.18 Å². The van der Waals surface area contributed by atoms with Crippen molar-refractivity contribution in [3.05, 3.63) is 64.7 Å². The molecule has 1 heterocycles. The van der Waals surface area contributed by atoms with Crippen molar-refractivity contribution in [3.63, 3.8) is 0 Å². The number of amides is 2. The highest BCUT2D eigenvalue weighted by atomic mass is 35.5. The molecule has 1 aliphatic rings. The average Bonchev–Trinajstić information content (AvgIpc) is 2.63. The van der Waals surface area contributed by atoms with Gasteiger partial charge < -0.3 is 10.2 Å². The summed E-state index contributed by atoms with van der Waals surface area (Å²) in [6, 6.07) is 13.1. The van der Waals surface area contributed by atoms with E-state index in [2.05, 4.69) is 17.4 Å². The van der Waals surface area contributed by atoms with Crippen LogP contribution in [0.1, 0.15) is 29.9 Å². The quantitative estimate of drug-likeness (QED) is 0.702. The van der Waals surface area contributed by atoms with Gasteiger partial charge in [0.05, 0.1) is 10.6 Å². The van der Waals surface area contributed by atoms with E-state index in [-0.39, 0.29) is 10.7 Å². The van der Waals surface area contributed by atoms with Gasteiger partial charge in [0.1, 0.15) is 0 Å². The Morgan fingerprint density at radius 2 is 1.73 bits per heavy atom. The van der Waals surface area contributed by atoms with Gasteiger partial charge in [0.2, 0.25) is 0 Å². The van der Waals surface area contributed by atoms with Gasteiger partial charge in [0.25, 0.3) is 0 Å². The van der Waals surface area contributed by atoms with E-state index >= 15 is 0 Å². The molecule has 1 aliphatic heterocycles. The molecule has 7 heteroatoms. The van der Waals surface area contributed by atoms with Gasteiger partial charge in [-0.3, -0.25) is 0 Å². The summed E-state index contributed by atoms with van der Waals surface area (Å²) in [4.78, 5) is 14.0. The Kier molecular flexibility index (Phi) is 5.41. The molecule has 2 aromatic carbocycles. The molecular formula is C19H18ClF3N2O. The highest BCUT2D eigenvalue weighted by molar-refractivity contribution is 6.31. The Morgan fingerprint density at radius 1 is 1.08 bits per heavy atom. The number of urea groups is 1. The molecule has 0 aromatic heterocycles. The number of benzene rings is 2. The van der Waals surface area contributed by atoms with Crippen LogP contribution in [0.25, 0.3) is 0 Å². The van der Waals surface area contributed by atoms with Crippen LogP contribution < -0.4 is 5.32 Å². The third kappa shape index (κ3) is 4.30. The first kappa shape index (κ1) is 18.6. The topological polar surface area (TPSA) is 32.3 Å². The molecule has 3 nitrogen and oxygen atoms in total. The van der Waals surface area contributed by atoms with E-state index in [0.717, 1.165) is 25.0 Å². The normalized spacial score (nSPS) is 15.8. The van der Waals surface area contributed by atoms with Crippen molar-refractivity contribution < 1.29 is 18.0 Å². The van der Waals surface area contributed by atoms with Gasteiger partial charge in [-0.15, -0.1) is 0 Å². The van der Waals surface area contributed by atoms with Crippen molar-refractivity contribution in [2.45, 2.75) is 24.9 Å². The summed E-state index contributed by atoms with van der Waals surface area (Å²) in [7, 11) is 0. The van der Waals surface area contributed by atoms with Crippen LogP contribution in [0.15, 0.2) is 48.5 Å². The fourth-order valence-electron chi connectivity index (χ4n) is 3.16. The third-order valence-electron chi connectivity index (χ3n) is 4.58. The summed E-state index contributed by atoms with van der Waals surface area (Å²) in [6.45, 7) is 1.12. The van der Waals surface area contributed by atoms with Crippen molar-refractivity contribution in [3.8, 4) is 0 Å². The van der Waals surface area contributed by atoms with Gasteiger partial charge in [-0.1, -0.05) is 41.9 Å². The molecular weight excluding hydrogens is 365 g/mol. The highest BCUT2D eigenvalue weighted by Crippen LogP contribution is 2.36. The number of nitrogens with one attached hydrogen (secondary N) is 1. The zero-order valence-corrected chi connectivity index (χ0v) is 14.6. The Labute approximate surface area is 154 Å². The third-order valence-corrected chi connectivity index (χ3v) is 4.91. The summed E-state index contributed by atoms with van der Waals surface area (Å²) in [6.07, 6.45) is -2.91. The first-order valence-electron chi connectivity index (χ1n) is 8.32. The summed E-state index contributed by atoms with van der Waals surface area (Å²) < 4.78 is 38.8. The molecule has 1 saturated heterocycles. The van der Waals surface area contributed by atoms with E-state index in [4.69, 9.17) is 11.6 Å². The van der Waals surface area contributed by atoms with E-state index in [1.165, 1.54) is 11.6 Å². The molecule has 0 aliphatic carbocycles. The number of hydrogen-bond donors (Lipinski definition) is 1. The lowest BCUT2D eigenvalue weighted by molar-refractivity contribution is -0.137. The molecule has 0 unspecified atom stereocenters. The van der Waals surface area contributed by atoms with E-state index < -0.39 is 17.8 Å². The highest BCUT2D eigenvalue weighted by Gasteiger charge is 2.33. The summed E-state index contributed by atoms with van der Waals surface area (Å²) in [5.74, 6) is 0.396. The molecule has 0 atom stereocenters. The van der Waals surface area contributed by atoms with Gasteiger partial charge in [-0.25, -0.2) is 4.79 Å². The van der Waals surface area contributed by atoms with Gasteiger partial charge in [-0.2, -0.15) is 13.2 Å². The average molecular weight is 383 g/mol. The molecule has 138 valence electrons. The second-order valence-corrected chi connectivity index (χ2v) is 6.70. The summed E-state index contributed by atoms with van der Waals surface area (Å²) in [5, 5.41) is 2.14. The lowest BCUT2D eigenvalue weighted by Crippen LogP contribution is -2.40. The number of carbonyl (C=O) groups excluding carboxylic acids is 1. The van der Waals surface area contributed by atoms with Crippen LogP contribution in [0.2, 0.25) is 5.02 Å². The van der Waals surface area contributed by atoms with Crippen LogP contribution in [0.4, 0.5) is 23.7 Å². The van der Waals surface area contributed by atoms with E-state index in [9.17, 15) is 18.0 Å². The lowest BCUT2D eigenvalue weighted by atomic mass is 9.90. The van der Waals surface area contributed by atoms with E-state index in [1.807, 2.05) is 18.2 Å². The predicted octanol–water partition coefficient (Wildman–Crippen LogP) is 5.77. The summed E-state index contributed by atoms with van der Waals surface area (Å²) in [5.41, 5.74) is 0.372. The minimum absolute atomic E-state index is 0.0805. The Morgan fingerprint density at radius 3 is 2.35 bits per heavy atom. The molecule has 1 N–H and O–H groups in total. The number of nitrogens with zero attached hydrogens (tertiary/aromatic N) is 1. The lowest BCUT2D eigenvalue weighted by Gasteiger charge is -2.32. The van der Waals surface area contributed by atoms with Crippen LogP contribution in [0.3, 0.4) is 0 Å². The van der Waals surface area contributed by atoms with Gasteiger partial charge in [0, 0.05) is 18.8 Å². The number of hydrogen-bond acceptors (Lipinski definition) is 1. The van der Waals surface area contributed by atoms with Crippen molar-refractivity contribution >= 4 is 23.3 Å². The van der Waals surface area contributed by atoms with Gasteiger partial charge in [0.15, 0.2) is 0 Å². The van der Waals surface area contributed by atoms with Crippen LogP contribution in [0.5, 0.6) is 0 Å². The fourth-order valence-corrected chi connectivity index (χ4v) is 3.39. The predicted molar refractivity (Wildman–Crippen MR) is 95.5 cm³/mol. The largest absolute Gasteiger partial charge is 0.417 e. The zero-order valence-electron chi connectivity index (χ0n) is 13.9. The monoisotopic (exact) mass is 382 g/mol. The van der Waals surface area contributed by atoms with Gasteiger partial charge in [-0.05, 0) is 42.5 Å². The number of rotatable bonds is 2. The minimum atomic E-state index is -4.56. The van der Waals surface area contributed by atoms with Crippen molar-refractivity contribution in [2.24, 2.45) is 0 Å². The molecule has 1 fully saturated rings. The van der Waals surface area contributed by atoms with E-state index in [1.54, 1.807) is 4.90 Å². The Hall–Kier alpha value is -2.21. The number of likely N-dealkylation sites (tertiary alicyclic amines) is 1. The second kappa shape index (κ2) is 7.58. The maximum Gasteiger partial charge on any atom is 0.417 e. The maximum atomic E-state index is 12.9. The molecule has 3 rings (SSSR count). The van der Waals surface area contributed by atoms with Gasteiger partial charge >= 0.3 is 12.2 Å². The number of alkyl halides is 3. The fraction of sp³-hybridized carbons (Fsp3) is 0.316. The first-order chi connectivity index (χ1) is 12.3. The number of carbonyl (C=O) groups is 1. The Bertz CT molecular complexity index is 772. The second-order valence-electron chi connectivity index (χ2n) is 6.29. The maximum absolute atomic E-state index is 12.9. The first-order valence-corrected chi connectivity index (χ1v) is 8.70. The van der Waals surface area contributed by atoms with E-state index in [0.29, 0.717) is 19.0 Å². The summed E-state index contributed by atoms with van der Waals surface area (Å²) >= 11 is 5.60.